The third-order valence-electron chi connectivity index (χ3n) is 4.28. The summed E-state index contributed by atoms with van der Waals surface area (Å²) >= 11 is 0. The van der Waals surface area contributed by atoms with E-state index in [-0.39, 0.29) is 17.0 Å². The number of aryl methyl sites for hydroxylation is 1. The zero-order chi connectivity index (χ0) is 18.9. The van der Waals surface area contributed by atoms with E-state index in [0.717, 1.165) is 11.2 Å². The predicted molar refractivity (Wildman–Crippen MR) is 99.8 cm³/mol. The van der Waals surface area contributed by atoms with Gasteiger partial charge in [-0.05, 0) is 24.6 Å². The van der Waals surface area contributed by atoms with Crippen LogP contribution in [0.2, 0.25) is 0 Å². The van der Waals surface area contributed by atoms with E-state index >= 15 is 0 Å². The molecule has 0 amide bonds. The Morgan fingerprint density at radius 2 is 1.77 bits per heavy atom. The van der Waals surface area contributed by atoms with E-state index in [1.807, 2.05) is 35.9 Å². The molecule has 0 aliphatic heterocycles. The number of rotatable bonds is 6. The first-order valence-electron chi connectivity index (χ1n) is 8.50. The minimum Gasteiger partial charge on any atom is -0.308 e. The summed E-state index contributed by atoms with van der Waals surface area (Å²) in [5.74, 6) is 0. The van der Waals surface area contributed by atoms with Gasteiger partial charge in [-0.1, -0.05) is 19.9 Å². The maximum atomic E-state index is 12.7. The lowest BCUT2D eigenvalue weighted by Gasteiger charge is -2.18. The van der Waals surface area contributed by atoms with Crippen molar-refractivity contribution in [2.45, 2.75) is 32.2 Å². The van der Waals surface area contributed by atoms with E-state index in [1.54, 1.807) is 13.8 Å². The van der Waals surface area contributed by atoms with Crippen molar-refractivity contribution >= 4 is 15.7 Å². The molecule has 3 heterocycles. The molecule has 3 aromatic rings. The maximum Gasteiger partial charge on any atom is 0.250 e. The van der Waals surface area contributed by atoms with Crippen molar-refractivity contribution in [1.29, 1.82) is 0 Å². The molecule has 0 radical (unpaired) electrons. The van der Waals surface area contributed by atoms with Crippen molar-refractivity contribution in [2.24, 2.45) is 0 Å². The molecule has 0 unspecified atom stereocenters. The van der Waals surface area contributed by atoms with Crippen LogP contribution in [0.25, 0.3) is 5.65 Å². The molecule has 0 atom stereocenters. The minimum absolute atomic E-state index is 0.111. The van der Waals surface area contributed by atoms with Crippen LogP contribution in [-0.4, -0.2) is 39.8 Å². The van der Waals surface area contributed by atoms with Crippen LogP contribution in [-0.2, 0) is 16.6 Å². The fourth-order valence-electron chi connectivity index (χ4n) is 2.90. The van der Waals surface area contributed by atoms with E-state index in [9.17, 15) is 13.2 Å². The minimum atomic E-state index is -3.61. The van der Waals surface area contributed by atoms with Gasteiger partial charge in [0.15, 0.2) is 0 Å². The highest BCUT2D eigenvalue weighted by Crippen LogP contribution is 2.14. The molecule has 3 aromatic heterocycles. The van der Waals surface area contributed by atoms with Gasteiger partial charge in [-0.25, -0.2) is 13.4 Å². The van der Waals surface area contributed by atoms with Crippen molar-refractivity contribution in [3.05, 3.63) is 64.5 Å². The van der Waals surface area contributed by atoms with Crippen LogP contribution < -0.4 is 5.56 Å². The lowest BCUT2D eigenvalue weighted by Crippen LogP contribution is -2.32. The molecule has 3 rings (SSSR count). The molecule has 26 heavy (non-hydrogen) atoms. The highest BCUT2D eigenvalue weighted by Gasteiger charge is 2.22. The molecule has 138 valence electrons. The molecule has 0 aliphatic rings. The number of nitrogens with zero attached hydrogens (tertiary/aromatic N) is 4. The smallest absolute Gasteiger partial charge is 0.250 e. The highest BCUT2D eigenvalue weighted by molar-refractivity contribution is 7.89. The third kappa shape index (κ3) is 3.42. The zero-order valence-electron chi connectivity index (χ0n) is 15.1. The van der Waals surface area contributed by atoms with E-state index in [4.69, 9.17) is 0 Å². The quantitative estimate of drug-likeness (QED) is 0.660. The fourth-order valence-corrected chi connectivity index (χ4v) is 4.38. The van der Waals surface area contributed by atoms with Crippen LogP contribution in [0.4, 0.5) is 0 Å². The Morgan fingerprint density at radius 1 is 1.04 bits per heavy atom. The predicted octanol–water partition coefficient (Wildman–Crippen LogP) is 1.88. The molecule has 0 saturated carbocycles. The Bertz CT molecular complexity index is 1100. The average Bonchev–Trinajstić information content (AvgIpc) is 2.99. The second kappa shape index (κ2) is 7.05. The number of hydrogen-bond donors (Lipinski definition) is 0. The van der Waals surface area contributed by atoms with Gasteiger partial charge in [0.05, 0.1) is 17.1 Å². The molecule has 0 spiro atoms. The third-order valence-corrected chi connectivity index (χ3v) is 6.31. The van der Waals surface area contributed by atoms with E-state index in [1.165, 1.54) is 27.2 Å². The van der Waals surface area contributed by atoms with E-state index < -0.39 is 10.0 Å². The van der Waals surface area contributed by atoms with Crippen LogP contribution in [0.15, 0.2) is 52.5 Å². The standard InChI is InChI=1S/C18H22N4O3S/c1-4-22(5-2)26(24,25)16-7-9-18(23)21(13-16)12-15-11-20-10-14(3)6-8-17(20)19-15/h6-11,13H,4-5,12H2,1-3H3. The van der Waals surface area contributed by atoms with Crippen LogP contribution in [0.3, 0.4) is 0 Å². The second-order valence-electron chi connectivity index (χ2n) is 6.12. The topological polar surface area (TPSA) is 76.7 Å². The molecule has 0 bridgehead atoms. The van der Waals surface area contributed by atoms with Gasteiger partial charge in [-0.15, -0.1) is 0 Å². The van der Waals surface area contributed by atoms with Gasteiger partial charge in [0.25, 0.3) is 5.56 Å². The van der Waals surface area contributed by atoms with Gasteiger partial charge in [0.1, 0.15) is 5.65 Å². The number of fused-ring (bicyclic) bond motifs is 1. The van der Waals surface area contributed by atoms with Crippen molar-refractivity contribution in [3.63, 3.8) is 0 Å². The summed E-state index contributed by atoms with van der Waals surface area (Å²) < 4.78 is 30.0. The highest BCUT2D eigenvalue weighted by atomic mass is 32.2. The summed E-state index contributed by atoms with van der Waals surface area (Å²) in [6.45, 7) is 6.53. The largest absolute Gasteiger partial charge is 0.308 e. The number of imidazole rings is 1. The lowest BCUT2D eigenvalue weighted by atomic mass is 10.3. The van der Waals surface area contributed by atoms with Crippen LogP contribution in [0.1, 0.15) is 25.1 Å². The Morgan fingerprint density at radius 3 is 2.46 bits per heavy atom. The molecule has 0 saturated heterocycles. The lowest BCUT2D eigenvalue weighted by molar-refractivity contribution is 0.444. The molecule has 0 aliphatic carbocycles. The Labute approximate surface area is 152 Å². The van der Waals surface area contributed by atoms with Crippen LogP contribution in [0.5, 0.6) is 0 Å². The summed E-state index contributed by atoms with van der Waals surface area (Å²) in [6, 6.07) is 6.52. The Balaban J connectivity index is 1.98. The van der Waals surface area contributed by atoms with Crippen molar-refractivity contribution < 1.29 is 8.42 Å². The Kier molecular flexibility index (Phi) is 4.97. The first kappa shape index (κ1) is 18.3. The van der Waals surface area contributed by atoms with Crippen molar-refractivity contribution in [1.82, 2.24) is 18.3 Å². The van der Waals surface area contributed by atoms with Gasteiger partial charge in [0, 0.05) is 37.7 Å². The number of hydrogen-bond acceptors (Lipinski definition) is 4. The molecular formula is C18H22N4O3S. The van der Waals surface area contributed by atoms with Crippen molar-refractivity contribution in [3.8, 4) is 0 Å². The molecule has 0 fully saturated rings. The molecule has 7 nitrogen and oxygen atoms in total. The molecule has 8 heteroatoms. The molecule has 0 N–H and O–H groups in total. The SMILES string of the molecule is CCN(CC)S(=O)(=O)c1ccc(=O)n(Cc2cn3cc(C)ccc3n2)c1. The average molecular weight is 374 g/mol. The second-order valence-corrected chi connectivity index (χ2v) is 8.06. The van der Waals surface area contributed by atoms with Gasteiger partial charge in [-0.2, -0.15) is 4.31 Å². The van der Waals surface area contributed by atoms with Gasteiger partial charge in [-0.3, -0.25) is 4.79 Å². The summed E-state index contributed by atoms with van der Waals surface area (Å²) in [5, 5.41) is 0. The van der Waals surface area contributed by atoms with Gasteiger partial charge in [0.2, 0.25) is 10.0 Å². The monoisotopic (exact) mass is 374 g/mol. The number of pyridine rings is 2. The normalized spacial score (nSPS) is 12.2. The van der Waals surface area contributed by atoms with Crippen molar-refractivity contribution in [2.75, 3.05) is 13.1 Å². The first-order valence-corrected chi connectivity index (χ1v) is 9.94. The molecular weight excluding hydrogens is 352 g/mol. The maximum absolute atomic E-state index is 12.7. The Hall–Kier alpha value is -2.45. The van der Waals surface area contributed by atoms with Gasteiger partial charge >= 0.3 is 0 Å². The number of aromatic nitrogens is 3. The van der Waals surface area contributed by atoms with Crippen LogP contribution in [0, 0.1) is 6.92 Å². The summed E-state index contributed by atoms with van der Waals surface area (Å²) in [5.41, 5.74) is 2.31. The van der Waals surface area contributed by atoms with Gasteiger partial charge < -0.3 is 8.97 Å². The summed E-state index contributed by atoms with van der Waals surface area (Å²) in [4.78, 5) is 16.8. The van der Waals surface area contributed by atoms with E-state index in [0.29, 0.717) is 18.8 Å². The zero-order valence-corrected chi connectivity index (χ0v) is 15.9. The summed E-state index contributed by atoms with van der Waals surface area (Å²) in [7, 11) is -3.61. The fraction of sp³-hybridized carbons (Fsp3) is 0.333. The summed E-state index contributed by atoms with van der Waals surface area (Å²) in [6.07, 6.45) is 5.20. The molecule has 0 aromatic carbocycles. The van der Waals surface area contributed by atoms with E-state index in [2.05, 4.69) is 4.98 Å². The number of sulfonamides is 1. The first-order chi connectivity index (χ1) is 12.3. The van der Waals surface area contributed by atoms with Crippen LogP contribution >= 0.6 is 0 Å².